The number of carbonyl (C=O) groups is 2. The smallest absolute Gasteiger partial charge is 0.326 e. The Morgan fingerprint density at radius 1 is 1.42 bits per heavy atom. The molecule has 1 aliphatic rings. The van der Waals surface area contributed by atoms with E-state index >= 15 is 0 Å². The number of aliphatic carboxylic acids is 1. The second-order valence-electron chi connectivity index (χ2n) is 4.62. The first-order valence-electron chi connectivity index (χ1n) is 6.27. The Bertz CT molecular complexity index is 469. The lowest BCUT2D eigenvalue weighted by molar-refractivity contribution is -0.153. The van der Waals surface area contributed by atoms with Crippen LogP contribution in [0.5, 0.6) is 5.75 Å². The molecule has 1 atom stereocenters. The summed E-state index contributed by atoms with van der Waals surface area (Å²) in [4.78, 5) is 24.5. The van der Waals surface area contributed by atoms with Crippen LogP contribution in [0.2, 0.25) is 0 Å². The fourth-order valence-electron chi connectivity index (χ4n) is 2.30. The highest BCUT2D eigenvalue weighted by Crippen LogP contribution is 2.22. The van der Waals surface area contributed by atoms with Crippen molar-refractivity contribution in [3.05, 3.63) is 29.8 Å². The minimum absolute atomic E-state index is 0.0885. The highest BCUT2D eigenvalue weighted by Gasteiger charge is 2.32. The zero-order valence-corrected chi connectivity index (χ0v) is 10.8. The number of nitrogens with zero attached hydrogens (tertiary/aromatic N) is 1. The molecule has 1 saturated heterocycles. The molecule has 1 amide bonds. The second kappa shape index (κ2) is 5.73. The Balaban J connectivity index is 2.13. The molecule has 5 heteroatoms. The zero-order valence-electron chi connectivity index (χ0n) is 10.8. The van der Waals surface area contributed by atoms with Gasteiger partial charge in [0.2, 0.25) is 5.91 Å². The number of hydrogen-bond donors (Lipinski definition) is 1. The summed E-state index contributed by atoms with van der Waals surface area (Å²) in [5.41, 5.74) is 0.905. The summed E-state index contributed by atoms with van der Waals surface area (Å²) in [5, 5.41) is 9.17. The van der Waals surface area contributed by atoms with Gasteiger partial charge in [-0.2, -0.15) is 0 Å². The van der Waals surface area contributed by atoms with Crippen LogP contribution in [-0.2, 0) is 16.1 Å². The van der Waals surface area contributed by atoms with Gasteiger partial charge in [-0.1, -0.05) is 12.1 Å². The van der Waals surface area contributed by atoms with E-state index < -0.39 is 12.0 Å². The van der Waals surface area contributed by atoms with Crippen molar-refractivity contribution in [1.82, 2.24) is 4.90 Å². The maximum atomic E-state index is 11.9. The molecule has 0 bridgehead atoms. The number of methoxy groups -OCH3 is 1. The molecular weight excluding hydrogens is 246 g/mol. The minimum Gasteiger partial charge on any atom is -0.497 e. The average molecular weight is 263 g/mol. The van der Waals surface area contributed by atoms with Crippen LogP contribution >= 0.6 is 0 Å². The largest absolute Gasteiger partial charge is 0.497 e. The third kappa shape index (κ3) is 3.05. The van der Waals surface area contributed by atoms with E-state index in [0.29, 0.717) is 25.8 Å². The van der Waals surface area contributed by atoms with Gasteiger partial charge in [-0.15, -0.1) is 0 Å². The van der Waals surface area contributed by atoms with Crippen LogP contribution in [-0.4, -0.2) is 35.0 Å². The third-order valence-electron chi connectivity index (χ3n) is 3.36. The van der Waals surface area contributed by atoms with Crippen molar-refractivity contribution in [2.75, 3.05) is 7.11 Å². The predicted molar refractivity (Wildman–Crippen MR) is 68.8 cm³/mol. The van der Waals surface area contributed by atoms with Crippen molar-refractivity contribution >= 4 is 11.9 Å². The standard InChI is InChI=1S/C14H17NO4/c1-19-11-7-5-10(6-8-11)9-15-12(14(17)18)3-2-4-13(15)16/h5-8,12H,2-4,9H2,1H3,(H,17,18)/t12-/m1/s1. The fourth-order valence-corrected chi connectivity index (χ4v) is 2.30. The van der Waals surface area contributed by atoms with Crippen LogP contribution in [0.3, 0.4) is 0 Å². The van der Waals surface area contributed by atoms with Gasteiger partial charge in [-0.25, -0.2) is 4.79 Å². The lowest BCUT2D eigenvalue weighted by Crippen LogP contribution is -2.47. The number of carboxylic acids is 1. The zero-order chi connectivity index (χ0) is 13.8. The molecule has 1 aromatic rings. The molecule has 19 heavy (non-hydrogen) atoms. The predicted octanol–water partition coefficient (Wildman–Crippen LogP) is 1.66. The van der Waals surface area contributed by atoms with Crippen molar-refractivity contribution < 1.29 is 19.4 Å². The number of rotatable bonds is 4. The topological polar surface area (TPSA) is 66.8 Å². The number of benzene rings is 1. The first-order valence-corrected chi connectivity index (χ1v) is 6.27. The van der Waals surface area contributed by atoms with Gasteiger partial charge < -0.3 is 14.7 Å². The van der Waals surface area contributed by atoms with E-state index in [9.17, 15) is 14.7 Å². The molecule has 0 unspecified atom stereocenters. The molecule has 0 radical (unpaired) electrons. The van der Waals surface area contributed by atoms with E-state index in [4.69, 9.17) is 4.74 Å². The molecule has 2 rings (SSSR count). The molecule has 0 aromatic heterocycles. The molecule has 1 aromatic carbocycles. The number of carbonyl (C=O) groups excluding carboxylic acids is 1. The Hall–Kier alpha value is -2.04. The number of piperidine rings is 1. The number of likely N-dealkylation sites (tertiary alicyclic amines) is 1. The quantitative estimate of drug-likeness (QED) is 0.897. The Morgan fingerprint density at radius 3 is 2.68 bits per heavy atom. The fraction of sp³-hybridized carbons (Fsp3) is 0.429. The van der Waals surface area contributed by atoms with Gasteiger partial charge in [0.15, 0.2) is 0 Å². The summed E-state index contributed by atoms with van der Waals surface area (Å²) in [6.07, 6.45) is 1.60. The summed E-state index contributed by atoms with van der Waals surface area (Å²) in [5.74, 6) is -0.278. The number of amides is 1. The molecule has 1 aliphatic heterocycles. The van der Waals surface area contributed by atoms with Crippen LogP contribution in [0, 0.1) is 0 Å². The SMILES string of the molecule is COc1ccc(CN2C(=O)CCC[C@@H]2C(=O)O)cc1. The van der Waals surface area contributed by atoms with Crippen LogP contribution in [0.1, 0.15) is 24.8 Å². The minimum atomic E-state index is -0.929. The summed E-state index contributed by atoms with van der Waals surface area (Å²) < 4.78 is 5.06. The van der Waals surface area contributed by atoms with E-state index in [1.54, 1.807) is 19.2 Å². The third-order valence-corrected chi connectivity index (χ3v) is 3.36. The summed E-state index contributed by atoms with van der Waals surface area (Å²) >= 11 is 0. The molecule has 5 nitrogen and oxygen atoms in total. The van der Waals surface area contributed by atoms with E-state index in [0.717, 1.165) is 11.3 Å². The van der Waals surface area contributed by atoms with E-state index in [2.05, 4.69) is 0 Å². The maximum absolute atomic E-state index is 11.9. The van der Waals surface area contributed by atoms with Gasteiger partial charge in [-0.05, 0) is 30.5 Å². The lowest BCUT2D eigenvalue weighted by Gasteiger charge is -2.33. The molecule has 0 spiro atoms. The van der Waals surface area contributed by atoms with Crippen LogP contribution in [0.4, 0.5) is 0 Å². The highest BCUT2D eigenvalue weighted by molar-refractivity contribution is 5.84. The molecule has 1 heterocycles. The molecule has 1 N–H and O–H groups in total. The van der Waals surface area contributed by atoms with Gasteiger partial charge in [0.25, 0.3) is 0 Å². The number of hydrogen-bond acceptors (Lipinski definition) is 3. The average Bonchev–Trinajstić information content (AvgIpc) is 2.41. The summed E-state index contributed by atoms with van der Waals surface area (Å²) in [6, 6.07) is 6.60. The molecule has 1 fully saturated rings. The van der Waals surface area contributed by atoms with Gasteiger partial charge in [0.05, 0.1) is 7.11 Å². The van der Waals surface area contributed by atoms with Crippen LogP contribution < -0.4 is 4.74 Å². The normalized spacial score (nSPS) is 19.3. The number of carboxylic acid groups (broad SMARTS) is 1. The van der Waals surface area contributed by atoms with Crippen molar-refractivity contribution in [3.8, 4) is 5.75 Å². The second-order valence-corrected chi connectivity index (χ2v) is 4.62. The Morgan fingerprint density at radius 2 is 2.11 bits per heavy atom. The van der Waals surface area contributed by atoms with E-state index in [1.807, 2.05) is 12.1 Å². The molecule has 102 valence electrons. The monoisotopic (exact) mass is 263 g/mol. The lowest BCUT2D eigenvalue weighted by atomic mass is 10.0. The van der Waals surface area contributed by atoms with Gasteiger partial charge in [0.1, 0.15) is 11.8 Å². The van der Waals surface area contributed by atoms with Crippen LogP contribution in [0.25, 0.3) is 0 Å². The molecule has 0 aliphatic carbocycles. The Labute approximate surface area is 111 Å². The van der Waals surface area contributed by atoms with Gasteiger partial charge >= 0.3 is 5.97 Å². The summed E-state index contributed by atoms with van der Waals surface area (Å²) in [6.45, 7) is 0.333. The van der Waals surface area contributed by atoms with E-state index in [1.165, 1.54) is 4.90 Å². The highest BCUT2D eigenvalue weighted by atomic mass is 16.5. The molecular formula is C14H17NO4. The van der Waals surface area contributed by atoms with Gasteiger partial charge in [0, 0.05) is 13.0 Å². The Kier molecular flexibility index (Phi) is 4.04. The van der Waals surface area contributed by atoms with Gasteiger partial charge in [-0.3, -0.25) is 4.79 Å². The first-order chi connectivity index (χ1) is 9.11. The summed E-state index contributed by atoms with van der Waals surface area (Å²) in [7, 11) is 1.59. The van der Waals surface area contributed by atoms with Crippen molar-refractivity contribution in [1.29, 1.82) is 0 Å². The molecule has 0 saturated carbocycles. The van der Waals surface area contributed by atoms with Crippen molar-refractivity contribution in [2.45, 2.75) is 31.8 Å². The van der Waals surface area contributed by atoms with Crippen LogP contribution in [0.15, 0.2) is 24.3 Å². The van der Waals surface area contributed by atoms with Crippen molar-refractivity contribution in [2.24, 2.45) is 0 Å². The van der Waals surface area contributed by atoms with Crippen molar-refractivity contribution in [3.63, 3.8) is 0 Å². The first kappa shape index (κ1) is 13.4. The maximum Gasteiger partial charge on any atom is 0.326 e. The van der Waals surface area contributed by atoms with E-state index in [-0.39, 0.29) is 5.91 Å². The number of ether oxygens (including phenoxy) is 1.